The van der Waals surface area contributed by atoms with Crippen LogP contribution < -0.4 is 15.6 Å². The van der Waals surface area contributed by atoms with Gasteiger partial charge in [-0.25, -0.2) is 13.2 Å². The summed E-state index contributed by atoms with van der Waals surface area (Å²) < 4.78 is 25.2. The van der Waals surface area contributed by atoms with Gasteiger partial charge in [-0.2, -0.15) is 0 Å². The molecule has 0 saturated carbocycles. The third-order valence-electron chi connectivity index (χ3n) is 2.91. The molecule has 0 aromatic heterocycles. The summed E-state index contributed by atoms with van der Waals surface area (Å²) in [4.78, 5) is 12.7. The summed E-state index contributed by atoms with van der Waals surface area (Å²) in [6.07, 6.45) is 0. The minimum atomic E-state index is -4.10. The number of nitrogens with one attached hydrogen (secondary N) is 3. The van der Waals surface area contributed by atoms with E-state index in [4.69, 9.17) is 17.3 Å². The summed E-state index contributed by atoms with van der Waals surface area (Å²) in [7, 11) is -4.10. The Bertz CT molecular complexity index is 917. The Morgan fingerprint density at radius 1 is 1.12 bits per heavy atom. The highest BCUT2D eigenvalue weighted by Gasteiger charge is 2.19. The van der Waals surface area contributed by atoms with E-state index in [0.29, 0.717) is 5.69 Å². The van der Waals surface area contributed by atoms with Crippen LogP contribution in [-0.4, -0.2) is 29.7 Å². The molecule has 2 aromatic rings. The second-order valence-corrected chi connectivity index (χ2v) is 7.68. The van der Waals surface area contributed by atoms with Gasteiger partial charge in [-0.05, 0) is 54.7 Å². The van der Waals surface area contributed by atoms with Gasteiger partial charge < -0.3 is 15.5 Å². The SMILES string of the molecule is O=C(O)c1cc(S(=O)(=O)NNC(=S)Nc2ccc(Br)cc2)ccc1O. The summed E-state index contributed by atoms with van der Waals surface area (Å²) in [5.41, 5.74) is 2.42. The van der Waals surface area contributed by atoms with Crippen molar-refractivity contribution in [1.82, 2.24) is 10.3 Å². The molecule has 2 aromatic carbocycles. The van der Waals surface area contributed by atoms with Gasteiger partial charge in [-0.15, -0.1) is 4.83 Å². The second-order valence-electron chi connectivity index (χ2n) is 4.68. The van der Waals surface area contributed by atoms with Gasteiger partial charge in [-0.1, -0.05) is 15.9 Å². The average molecular weight is 446 g/mol. The van der Waals surface area contributed by atoms with Crippen LogP contribution in [0.2, 0.25) is 0 Å². The molecule has 0 unspecified atom stereocenters. The van der Waals surface area contributed by atoms with Gasteiger partial charge >= 0.3 is 5.97 Å². The number of carboxylic acids is 1. The first-order chi connectivity index (χ1) is 11.7. The molecule has 5 N–H and O–H groups in total. The Labute approximate surface area is 157 Å². The molecule has 0 atom stereocenters. The number of halogens is 1. The summed E-state index contributed by atoms with van der Waals surface area (Å²) in [5.74, 6) is -1.98. The van der Waals surface area contributed by atoms with Crippen LogP contribution in [-0.2, 0) is 10.0 Å². The molecule has 0 amide bonds. The number of aromatic carboxylic acids is 1. The first kappa shape index (κ1) is 19.1. The lowest BCUT2D eigenvalue weighted by atomic mass is 10.2. The van der Waals surface area contributed by atoms with Crippen LogP contribution >= 0.6 is 28.1 Å². The minimum absolute atomic E-state index is 0.0110. The minimum Gasteiger partial charge on any atom is -0.507 e. The smallest absolute Gasteiger partial charge is 0.339 e. The number of phenols is 1. The molecule has 0 bridgehead atoms. The van der Waals surface area contributed by atoms with Crippen molar-refractivity contribution in [2.75, 3.05) is 5.32 Å². The maximum atomic E-state index is 12.2. The maximum absolute atomic E-state index is 12.2. The summed E-state index contributed by atoms with van der Waals surface area (Å²) >= 11 is 8.27. The zero-order valence-corrected chi connectivity index (χ0v) is 15.6. The van der Waals surface area contributed by atoms with E-state index in [1.54, 1.807) is 24.3 Å². The molecule has 0 aliphatic heterocycles. The molecule has 0 heterocycles. The fourth-order valence-electron chi connectivity index (χ4n) is 1.72. The van der Waals surface area contributed by atoms with Crippen LogP contribution in [0.5, 0.6) is 5.75 Å². The number of hydrogen-bond acceptors (Lipinski definition) is 5. The highest BCUT2D eigenvalue weighted by atomic mass is 79.9. The lowest BCUT2D eigenvalue weighted by molar-refractivity contribution is 0.0693. The molecule has 132 valence electrons. The molecule has 8 nitrogen and oxygen atoms in total. The van der Waals surface area contributed by atoms with Crippen LogP contribution in [0, 0.1) is 0 Å². The molecule has 0 aliphatic rings. The molecular formula is C14H12BrN3O5S2. The molecular weight excluding hydrogens is 434 g/mol. The monoisotopic (exact) mass is 445 g/mol. The van der Waals surface area contributed by atoms with Gasteiger partial charge in [0.15, 0.2) is 5.11 Å². The zero-order chi connectivity index (χ0) is 18.6. The molecule has 0 aliphatic carbocycles. The van der Waals surface area contributed by atoms with Crippen molar-refractivity contribution in [2.24, 2.45) is 0 Å². The number of rotatable bonds is 5. The number of aromatic hydroxyl groups is 1. The van der Waals surface area contributed by atoms with E-state index in [0.717, 1.165) is 22.7 Å². The number of carbonyl (C=O) groups is 1. The van der Waals surface area contributed by atoms with Crippen LogP contribution in [0.3, 0.4) is 0 Å². The Morgan fingerprint density at radius 2 is 1.76 bits per heavy atom. The van der Waals surface area contributed by atoms with E-state index in [-0.39, 0.29) is 10.0 Å². The van der Waals surface area contributed by atoms with Crippen molar-refractivity contribution in [1.29, 1.82) is 0 Å². The van der Waals surface area contributed by atoms with E-state index in [1.807, 2.05) is 4.83 Å². The number of sulfonamides is 1. The molecule has 2 rings (SSSR count). The topological polar surface area (TPSA) is 128 Å². The molecule has 0 spiro atoms. The predicted octanol–water partition coefficient (Wildman–Crippen LogP) is 2.03. The van der Waals surface area contributed by atoms with Crippen molar-refractivity contribution < 1.29 is 23.4 Å². The number of anilines is 1. The Morgan fingerprint density at radius 3 is 2.36 bits per heavy atom. The van der Waals surface area contributed by atoms with Crippen LogP contribution in [0.4, 0.5) is 5.69 Å². The fourth-order valence-corrected chi connectivity index (χ4v) is 3.09. The fraction of sp³-hybridized carbons (Fsp3) is 0. The van der Waals surface area contributed by atoms with Crippen LogP contribution in [0.25, 0.3) is 0 Å². The zero-order valence-electron chi connectivity index (χ0n) is 12.4. The van der Waals surface area contributed by atoms with E-state index in [9.17, 15) is 18.3 Å². The molecule has 25 heavy (non-hydrogen) atoms. The van der Waals surface area contributed by atoms with E-state index in [1.165, 1.54) is 0 Å². The Hall–Kier alpha value is -2.21. The van der Waals surface area contributed by atoms with Crippen LogP contribution in [0.1, 0.15) is 10.4 Å². The largest absolute Gasteiger partial charge is 0.507 e. The van der Waals surface area contributed by atoms with Gasteiger partial charge in [0.05, 0.1) is 4.90 Å². The van der Waals surface area contributed by atoms with Crippen molar-refractivity contribution in [3.05, 3.63) is 52.5 Å². The average Bonchev–Trinajstić information content (AvgIpc) is 2.55. The third-order valence-corrected chi connectivity index (χ3v) is 4.89. The number of hydrogen-bond donors (Lipinski definition) is 5. The Balaban J connectivity index is 2.06. The maximum Gasteiger partial charge on any atom is 0.339 e. The van der Waals surface area contributed by atoms with Crippen molar-refractivity contribution in [2.45, 2.75) is 4.90 Å². The van der Waals surface area contributed by atoms with Crippen molar-refractivity contribution in [3.63, 3.8) is 0 Å². The molecule has 11 heteroatoms. The normalized spacial score (nSPS) is 10.9. The van der Waals surface area contributed by atoms with Crippen molar-refractivity contribution >= 4 is 54.9 Å². The second kappa shape index (κ2) is 7.78. The number of carboxylic acid groups (broad SMARTS) is 1. The van der Waals surface area contributed by atoms with Gasteiger partial charge in [0.2, 0.25) is 0 Å². The first-order valence-corrected chi connectivity index (χ1v) is 9.28. The lowest BCUT2D eigenvalue weighted by Gasteiger charge is -2.12. The van der Waals surface area contributed by atoms with Gasteiger partial charge in [0.25, 0.3) is 10.0 Å². The predicted molar refractivity (Wildman–Crippen MR) is 98.9 cm³/mol. The number of benzene rings is 2. The standard InChI is InChI=1S/C14H12BrN3O5S2/c15-8-1-3-9(4-2-8)16-14(24)17-18-25(22,23)10-5-6-12(19)11(7-10)13(20)21/h1-7,18-19H,(H,20,21)(H2,16,17,24). The lowest BCUT2D eigenvalue weighted by Crippen LogP contribution is -2.43. The summed E-state index contributed by atoms with van der Waals surface area (Å²) in [6.45, 7) is 0. The summed E-state index contributed by atoms with van der Waals surface area (Å²) in [6, 6.07) is 9.90. The van der Waals surface area contributed by atoms with Gasteiger partial charge in [0.1, 0.15) is 11.3 Å². The van der Waals surface area contributed by atoms with E-state index in [2.05, 4.69) is 26.7 Å². The van der Waals surface area contributed by atoms with Gasteiger partial charge in [-0.3, -0.25) is 5.43 Å². The number of thiocarbonyl (C=S) groups is 1. The van der Waals surface area contributed by atoms with E-state index >= 15 is 0 Å². The molecule has 0 fully saturated rings. The highest BCUT2D eigenvalue weighted by Crippen LogP contribution is 2.21. The first-order valence-electron chi connectivity index (χ1n) is 6.60. The quantitative estimate of drug-likeness (QED) is 0.349. The van der Waals surface area contributed by atoms with Crippen molar-refractivity contribution in [3.8, 4) is 5.75 Å². The Kier molecular flexibility index (Phi) is 5.95. The molecule has 0 radical (unpaired) electrons. The highest BCUT2D eigenvalue weighted by molar-refractivity contribution is 9.10. The van der Waals surface area contributed by atoms with E-state index < -0.39 is 27.3 Å². The summed E-state index contributed by atoms with van der Waals surface area (Å²) in [5, 5.41) is 21.1. The van der Waals surface area contributed by atoms with Crippen LogP contribution in [0.15, 0.2) is 51.8 Å². The molecule has 0 saturated heterocycles. The number of hydrazine groups is 1. The van der Waals surface area contributed by atoms with Gasteiger partial charge in [0, 0.05) is 10.2 Å². The third kappa shape index (κ3) is 5.13.